The van der Waals surface area contributed by atoms with Crippen LogP contribution in [0.4, 0.5) is 14.5 Å². The van der Waals surface area contributed by atoms with Crippen LogP contribution in [0.1, 0.15) is 24.1 Å². The van der Waals surface area contributed by atoms with E-state index in [0.717, 1.165) is 16.8 Å². The third-order valence-corrected chi connectivity index (χ3v) is 2.91. The number of rotatable bonds is 3. The van der Waals surface area contributed by atoms with Crippen molar-refractivity contribution in [2.24, 2.45) is 0 Å². The van der Waals surface area contributed by atoms with Crippen LogP contribution in [0.25, 0.3) is 0 Å². The van der Waals surface area contributed by atoms with Crippen molar-refractivity contribution in [3.8, 4) is 0 Å². The third kappa shape index (κ3) is 2.86. The van der Waals surface area contributed by atoms with Crippen molar-refractivity contribution < 1.29 is 8.78 Å². The quantitative estimate of drug-likeness (QED) is 0.845. The molecule has 0 aliphatic rings. The number of hydrogen-bond acceptors (Lipinski definition) is 1. The number of aryl methyl sites for hydroxylation is 1. The van der Waals surface area contributed by atoms with Crippen molar-refractivity contribution in [2.45, 2.75) is 19.9 Å². The number of halogens is 2. The molecular formula is C15H15F2N. The van der Waals surface area contributed by atoms with Crippen LogP contribution in [0.5, 0.6) is 0 Å². The Kier molecular flexibility index (Phi) is 3.60. The van der Waals surface area contributed by atoms with Crippen molar-refractivity contribution in [2.75, 3.05) is 5.32 Å². The van der Waals surface area contributed by atoms with Crippen LogP contribution in [0.2, 0.25) is 0 Å². The predicted octanol–water partition coefficient (Wildman–Crippen LogP) is 4.45. The maximum absolute atomic E-state index is 13.1. The first-order valence-electron chi connectivity index (χ1n) is 5.84. The fourth-order valence-corrected chi connectivity index (χ4v) is 1.88. The molecule has 1 atom stereocenters. The van der Waals surface area contributed by atoms with Crippen LogP contribution in [-0.2, 0) is 0 Å². The van der Waals surface area contributed by atoms with Gasteiger partial charge in [-0.1, -0.05) is 12.1 Å². The Morgan fingerprint density at radius 1 is 1.00 bits per heavy atom. The van der Waals surface area contributed by atoms with Crippen molar-refractivity contribution in [3.05, 3.63) is 65.2 Å². The standard InChI is InChI=1S/C15H15F2N/c1-10-8-14(17)6-7-15(10)18-11(2)12-4-3-5-13(16)9-12/h3-9,11,18H,1-2H3. The van der Waals surface area contributed by atoms with E-state index in [1.54, 1.807) is 12.1 Å². The summed E-state index contributed by atoms with van der Waals surface area (Å²) in [6.45, 7) is 3.78. The zero-order chi connectivity index (χ0) is 13.1. The minimum absolute atomic E-state index is 0.0372. The highest BCUT2D eigenvalue weighted by molar-refractivity contribution is 5.52. The molecule has 0 saturated heterocycles. The monoisotopic (exact) mass is 247 g/mol. The summed E-state index contributed by atoms with van der Waals surface area (Å²) in [6, 6.07) is 11.0. The van der Waals surface area contributed by atoms with Crippen LogP contribution in [0.15, 0.2) is 42.5 Å². The molecule has 2 rings (SSSR count). The average molecular weight is 247 g/mol. The summed E-state index contributed by atoms with van der Waals surface area (Å²) >= 11 is 0. The van der Waals surface area contributed by atoms with E-state index >= 15 is 0 Å². The SMILES string of the molecule is Cc1cc(F)ccc1NC(C)c1cccc(F)c1. The average Bonchev–Trinajstić information content (AvgIpc) is 2.32. The molecule has 0 aliphatic carbocycles. The predicted molar refractivity (Wildman–Crippen MR) is 69.6 cm³/mol. The molecule has 1 N–H and O–H groups in total. The summed E-state index contributed by atoms with van der Waals surface area (Å²) < 4.78 is 26.1. The number of nitrogens with one attached hydrogen (secondary N) is 1. The van der Waals surface area contributed by atoms with E-state index in [0.29, 0.717) is 0 Å². The summed E-state index contributed by atoms with van der Waals surface area (Å²) in [5, 5.41) is 3.25. The first-order chi connectivity index (χ1) is 8.56. The summed E-state index contributed by atoms with van der Waals surface area (Å²) in [5.41, 5.74) is 2.55. The molecule has 2 aromatic carbocycles. The second kappa shape index (κ2) is 5.17. The summed E-state index contributed by atoms with van der Waals surface area (Å²) in [5.74, 6) is -0.506. The largest absolute Gasteiger partial charge is 0.378 e. The van der Waals surface area contributed by atoms with Gasteiger partial charge in [0.25, 0.3) is 0 Å². The molecule has 94 valence electrons. The maximum atomic E-state index is 13.1. The molecule has 0 bridgehead atoms. The van der Waals surface area contributed by atoms with Gasteiger partial charge in [-0.05, 0) is 55.3 Å². The molecule has 18 heavy (non-hydrogen) atoms. The molecule has 3 heteroatoms. The summed E-state index contributed by atoms with van der Waals surface area (Å²) in [6.07, 6.45) is 0. The lowest BCUT2D eigenvalue weighted by Crippen LogP contribution is -2.08. The minimum Gasteiger partial charge on any atom is -0.378 e. The molecular weight excluding hydrogens is 232 g/mol. The fourth-order valence-electron chi connectivity index (χ4n) is 1.88. The summed E-state index contributed by atoms with van der Waals surface area (Å²) in [7, 11) is 0. The van der Waals surface area contributed by atoms with Crippen molar-refractivity contribution in [1.29, 1.82) is 0 Å². The molecule has 0 fully saturated rings. The van der Waals surface area contributed by atoms with Gasteiger partial charge in [0.05, 0.1) is 0 Å². The highest BCUT2D eigenvalue weighted by Crippen LogP contribution is 2.23. The zero-order valence-electron chi connectivity index (χ0n) is 10.4. The number of hydrogen-bond donors (Lipinski definition) is 1. The molecule has 0 aliphatic heterocycles. The molecule has 0 spiro atoms. The van der Waals surface area contributed by atoms with E-state index in [1.807, 2.05) is 19.9 Å². The van der Waals surface area contributed by atoms with Gasteiger partial charge in [0.2, 0.25) is 0 Å². The van der Waals surface area contributed by atoms with Crippen LogP contribution in [0.3, 0.4) is 0 Å². The lowest BCUT2D eigenvalue weighted by atomic mass is 10.1. The Hall–Kier alpha value is -1.90. The van der Waals surface area contributed by atoms with Gasteiger partial charge in [0.1, 0.15) is 11.6 Å². The van der Waals surface area contributed by atoms with Gasteiger partial charge in [-0.3, -0.25) is 0 Å². The van der Waals surface area contributed by atoms with Crippen LogP contribution < -0.4 is 5.32 Å². The molecule has 0 heterocycles. The Morgan fingerprint density at radius 3 is 2.39 bits per heavy atom. The van der Waals surface area contributed by atoms with Crippen molar-refractivity contribution >= 4 is 5.69 Å². The molecule has 0 saturated carbocycles. The maximum Gasteiger partial charge on any atom is 0.123 e. The van der Waals surface area contributed by atoms with E-state index in [-0.39, 0.29) is 17.7 Å². The first kappa shape index (κ1) is 12.6. The lowest BCUT2D eigenvalue weighted by Gasteiger charge is -2.17. The fraction of sp³-hybridized carbons (Fsp3) is 0.200. The van der Waals surface area contributed by atoms with E-state index in [4.69, 9.17) is 0 Å². The van der Waals surface area contributed by atoms with E-state index in [2.05, 4.69) is 5.32 Å². The highest BCUT2D eigenvalue weighted by atomic mass is 19.1. The molecule has 0 radical (unpaired) electrons. The van der Waals surface area contributed by atoms with E-state index in [9.17, 15) is 8.78 Å². The van der Waals surface area contributed by atoms with Gasteiger partial charge in [-0.2, -0.15) is 0 Å². The van der Waals surface area contributed by atoms with Crippen LogP contribution in [-0.4, -0.2) is 0 Å². The summed E-state index contributed by atoms with van der Waals surface area (Å²) in [4.78, 5) is 0. The highest BCUT2D eigenvalue weighted by Gasteiger charge is 2.08. The topological polar surface area (TPSA) is 12.0 Å². The second-order valence-electron chi connectivity index (χ2n) is 4.38. The molecule has 1 nitrogen and oxygen atoms in total. The van der Waals surface area contributed by atoms with E-state index < -0.39 is 0 Å². The van der Waals surface area contributed by atoms with Gasteiger partial charge < -0.3 is 5.32 Å². The molecule has 0 aromatic heterocycles. The van der Waals surface area contributed by atoms with Crippen LogP contribution >= 0.6 is 0 Å². The van der Waals surface area contributed by atoms with Gasteiger partial charge in [0, 0.05) is 11.7 Å². The molecule has 1 unspecified atom stereocenters. The van der Waals surface area contributed by atoms with Crippen molar-refractivity contribution in [1.82, 2.24) is 0 Å². The Labute approximate surface area is 105 Å². The molecule has 2 aromatic rings. The Morgan fingerprint density at radius 2 is 1.72 bits per heavy atom. The molecule has 0 amide bonds. The zero-order valence-corrected chi connectivity index (χ0v) is 10.4. The first-order valence-corrected chi connectivity index (χ1v) is 5.84. The van der Waals surface area contributed by atoms with Gasteiger partial charge in [0.15, 0.2) is 0 Å². The van der Waals surface area contributed by atoms with Gasteiger partial charge >= 0.3 is 0 Å². The normalized spacial score (nSPS) is 12.2. The third-order valence-electron chi connectivity index (χ3n) is 2.91. The minimum atomic E-state index is -0.253. The second-order valence-corrected chi connectivity index (χ2v) is 4.38. The van der Waals surface area contributed by atoms with E-state index in [1.165, 1.54) is 24.3 Å². The smallest absolute Gasteiger partial charge is 0.123 e. The lowest BCUT2D eigenvalue weighted by molar-refractivity contribution is 0.623. The van der Waals surface area contributed by atoms with Gasteiger partial charge in [-0.25, -0.2) is 8.78 Å². The Balaban J connectivity index is 2.18. The van der Waals surface area contributed by atoms with Crippen LogP contribution in [0, 0.1) is 18.6 Å². The van der Waals surface area contributed by atoms with Crippen molar-refractivity contribution in [3.63, 3.8) is 0 Å². The number of benzene rings is 2. The van der Waals surface area contributed by atoms with Gasteiger partial charge in [-0.15, -0.1) is 0 Å². The number of anilines is 1. The Bertz CT molecular complexity index is 552.